The Balaban J connectivity index is 1.95. The van der Waals surface area contributed by atoms with Crippen LogP contribution in [0.4, 0.5) is 0 Å². The lowest BCUT2D eigenvalue weighted by atomic mass is 10.1. The van der Waals surface area contributed by atoms with Gasteiger partial charge in [0.05, 0.1) is 12.7 Å². The van der Waals surface area contributed by atoms with Crippen molar-refractivity contribution in [2.75, 3.05) is 13.2 Å². The Morgan fingerprint density at radius 2 is 2.19 bits per heavy atom. The van der Waals surface area contributed by atoms with Crippen molar-refractivity contribution in [2.45, 2.75) is 51.6 Å². The molecule has 0 amide bonds. The van der Waals surface area contributed by atoms with Gasteiger partial charge < -0.3 is 14.3 Å². The maximum Gasteiger partial charge on any atom is 0.305 e. The monoisotopic (exact) mass is 228 g/mol. The molecule has 1 rings (SSSR count). The van der Waals surface area contributed by atoms with Crippen LogP contribution < -0.4 is 0 Å². The Kier molecular flexibility index (Phi) is 6.08. The van der Waals surface area contributed by atoms with Crippen molar-refractivity contribution in [2.24, 2.45) is 0 Å². The first kappa shape index (κ1) is 13.2. The van der Waals surface area contributed by atoms with Crippen molar-refractivity contribution >= 4 is 11.8 Å². The van der Waals surface area contributed by atoms with Crippen LogP contribution in [0.25, 0.3) is 0 Å². The molecule has 0 aromatic heterocycles. The van der Waals surface area contributed by atoms with E-state index in [0.29, 0.717) is 25.9 Å². The van der Waals surface area contributed by atoms with E-state index in [-0.39, 0.29) is 17.9 Å². The van der Waals surface area contributed by atoms with Crippen molar-refractivity contribution in [3.63, 3.8) is 0 Å². The molecular formula is C12H20O4. The summed E-state index contributed by atoms with van der Waals surface area (Å²) in [6.07, 6.45) is 4.68. The number of hydrogen-bond acceptors (Lipinski definition) is 4. The summed E-state index contributed by atoms with van der Waals surface area (Å²) in [6, 6.07) is 0. The molecule has 1 saturated heterocycles. The highest BCUT2D eigenvalue weighted by atomic mass is 16.5. The van der Waals surface area contributed by atoms with Gasteiger partial charge in [0.15, 0.2) is 0 Å². The van der Waals surface area contributed by atoms with E-state index in [0.717, 1.165) is 25.9 Å². The summed E-state index contributed by atoms with van der Waals surface area (Å²) in [5, 5.41) is 0. The summed E-state index contributed by atoms with van der Waals surface area (Å²) < 4.78 is 10.4. The van der Waals surface area contributed by atoms with Gasteiger partial charge in [0, 0.05) is 19.4 Å². The summed E-state index contributed by atoms with van der Waals surface area (Å²) in [4.78, 5) is 21.9. The van der Waals surface area contributed by atoms with Crippen molar-refractivity contribution < 1.29 is 19.1 Å². The first-order valence-electron chi connectivity index (χ1n) is 5.95. The average molecular weight is 228 g/mol. The molecule has 1 atom stereocenters. The van der Waals surface area contributed by atoms with Gasteiger partial charge in [-0.2, -0.15) is 0 Å². The van der Waals surface area contributed by atoms with Gasteiger partial charge in [-0.15, -0.1) is 0 Å². The zero-order chi connectivity index (χ0) is 11.8. The van der Waals surface area contributed by atoms with Crippen LogP contribution in [0, 0.1) is 0 Å². The van der Waals surface area contributed by atoms with Crippen LogP contribution in [0.2, 0.25) is 0 Å². The third-order valence-corrected chi connectivity index (χ3v) is 2.63. The Labute approximate surface area is 96.3 Å². The minimum absolute atomic E-state index is 0.135. The lowest BCUT2D eigenvalue weighted by Gasteiger charge is -2.08. The Bertz CT molecular complexity index is 231. The summed E-state index contributed by atoms with van der Waals surface area (Å²) >= 11 is 0. The molecule has 16 heavy (non-hydrogen) atoms. The van der Waals surface area contributed by atoms with E-state index >= 15 is 0 Å². The minimum Gasteiger partial charge on any atom is -0.466 e. The molecule has 0 aromatic carbocycles. The molecule has 0 aliphatic carbocycles. The van der Waals surface area contributed by atoms with E-state index < -0.39 is 0 Å². The van der Waals surface area contributed by atoms with Crippen LogP contribution in [-0.2, 0) is 19.1 Å². The van der Waals surface area contributed by atoms with Gasteiger partial charge in [0.2, 0.25) is 0 Å². The largest absolute Gasteiger partial charge is 0.466 e. The maximum atomic E-state index is 11.3. The van der Waals surface area contributed by atoms with Crippen molar-refractivity contribution in [3.05, 3.63) is 0 Å². The Hall–Kier alpha value is -0.900. The number of hydrogen-bond donors (Lipinski definition) is 0. The second-order valence-corrected chi connectivity index (χ2v) is 4.20. The smallest absolute Gasteiger partial charge is 0.305 e. The van der Waals surface area contributed by atoms with Gasteiger partial charge in [-0.1, -0.05) is 0 Å². The Morgan fingerprint density at radius 3 is 2.81 bits per heavy atom. The predicted octanol–water partition coefficient (Wildman–Crippen LogP) is 1.86. The molecule has 0 N–H and O–H groups in total. The molecule has 4 nitrogen and oxygen atoms in total. The van der Waals surface area contributed by atoms with Crippen LogP contribution in [-0.4, -0.2) is 31.1 Å². The number of ketones is 1. The molecular weight excluding hydrogens is 208 g/mol. The molecule has 0 radical (unpaired) electrons. The molecule has 1 aliphatic rings. The molecule has 0 aromatic rings. The maximum absolute atomic E-state index is 11.3. The van der Waals surface area contributed by atoms with E-state index in [1.807, 2.05) is 0 Å². The van der Waals surface area contributed by atoms with E-state index in [9.17, 15) is 9.59 Å². The fourth-order valence-corrected chi connectivity index (χ4v) is 1.73. The van der Waals surface area contributed by atoms with Gasteiger partial charge in [0.25, 0.3) is 0 Å². The fraction of sp³-hybridized carbons (Fsp3) is 0.833. The summed E-state index contributed by atoms with van der Waals surface area (Å²) in [5.74, 6) is -0.0468. The zero-order valence-corrected chi connectivity index (χ0v) is 9.87. The third kappa shape index (κ3) is 5.85. The molecule has 4 heteroatoms. The van der Waals surface area contributed by atoms with Gasteiger partial charge in [-0.3, -0.25) is 4.79 Å². The van der Waals surface area contributed by atoms with Crippen molar-refractivity contribution in [1.82, 2.24) is 0 Å². The lowest BCUT2D eigenvalue weighted by molar-refractivity contribution is -0.144. The van der Waals surface area contributed by atoms with Crippen molar-refractivity contribution in [3.8, 4) is 0 Å². The van der Waals surface area contributed by atoms with Crippen LogP contribution in [0.3, 0.4) is 0 Å². The number of Topliss-reactive ketones (excluding diaryl/α,β-unsaturated/α-hetero) is 1. The summed E-state index contributed by atoms with van der Waals surface area (Å²) in [6.45, 7) is 2.71. The number of esters is 1. The first-order valence-corrected chi connectivity index (χ1v) is 5.95. The summed E-state index contributed by atoms with van der Waals surface area (Å²) in [5.41, 5.74) is 0. The highest BCUT2D eigenvalue weighted by molar-refractivity contribution is 5.75. The van der Waals surface area contributed by atoms with Crippen LogP contribution >= 0.6 is 0 Å². The Morgan fingerprint density at radius 1 is 1.38 bits per heavy atom. The van der Waals surface area contributed by atoms with Gasteiger partial charge >= 0.3 is 5.97 Å². The van der Waals surface area contributed by atoms with Crippen LogP contribution in [0.1, 0.15) is 45.4 Å². The van der Waals surface area contributed by atoms with Crippen LogP contribution in [0.15, 0.2) is 0 Å². The molecule has 0 bridgehead atoms. The molecule has 1 aliphatic heterocycles. The fourth-order valence-electron chi connectivity index (χ4n) is 1.73. The molecule has 1 heterocycles. The van der Waals surface area contributed by atoms with E-state index in [4.69, 9.17) is 9.47 Å². The second-order valence-electron chi connectivity index (χ2n) is 4.20. The number of rotatable bonds is 7. The van der Waals surface area contributed by atoms with Crippen molar-refractivity contribution in [1.29, 1.82) is 0 Å². The SMILES string of the molecule is CC(=O)CCCOC(=O)CCC1CCCO1. The highest BCUT2D eigenvalue weighted by Gasteiger charge is 2.16. The standard InChI is InChI=1S/C12H20O4/c1-10(13)4-2-9-16-12(14)7-6-11-5-3-8-15-11/h11H,2-9H2,1H3. The number of ether oxygens (including phenoxy) is 2. The minimum atomic E-state index is -0.181. The quantitative estimate of drug-likeness (QED) is 0.493. The molecule has 0 saturated carbocycles. The topological polar surface area (TPSA) is 52.6 Å². The lowest BCUT2D eigenvalue weighted by Crippen LogP contribution is -2.11. The molecule has 92 valence electrons. The van der Waals surface area contributed by atoms with E-state index in [1.54, 1.807) is 6.92 Å². The molecule has 1 unspecified atom stereocenters. The normalized spacial score (nSPS) is 19.7. The average Bonchev–Trinajstić information content (AvgIpc) is 2.74. The van der Waals surface area contributed by atoms with Crippen LogP contribution in [0.5, 0.6) is 0 Å². The zero-order valence-electron chi connectivity index (χ0n) is 9.87. The number of carbonyl (C=O) groups excluding carboxylic acids is 2. The second kappa shape index (κ2) is 7.39. The molecule has 0 spiro atoms. The third-order valence-electron chi connectivity index (χ3n) is 2.63. The number of carbonyl (C=O) groups is 2. The summed E-state index contributed by atoms with van der Waals surface area (Å²) in [7, 11) is 0. The van der Waals surface area contributed by atoms with Gasteiger partial charge in [0.1, 0.15) is 5.78 Å². The van der Waals surface area contributed by atoms with E-state index in [2.05, 4.69) is 0 Å². The van der Waals surface area contributed by atoms with Gasteiger partial charge in [-0.25, -0.2) is 0 Å². The first-order chi connectivity index (χ1) is 7.68. The van der Waals surface area contributed by atoms with Gasteiger partial charge in [-0.05, 0) is 32.6 Å². The highest BCUT2D eigenvalue weighted by Crippen LogP contribution is 2.16. The molecule has 1 fully saturated rings. The van der Waals surface area contributed by atoms with E-state index in [1.165, 1.54) is 0 Å². The predicted molar refractivity (Wildman–Crippen MR) is 59.1 cm³/mol.